The van der Waals surface area contributed by atoms with E-state index in [0.29, 0.717) is 35.7 Å². The standard InChI is InChI=1S/C46H42F4N6/c1-5-44(4)36-26-25-31(34-21-13-14-22-35(34)46(47,48)49)29-39(36)55-41-40(51-27-28-52-41)54(33-19-11-8-12-20-33)43(55)45(44,6-2)30(3)42-53(32-17-9-7-10-18-32)37-23-15-16-24-38(37)56(42)50/h7-30,42-43H,5-6H2,1-4H3. The average molecular weight is 755 g/mol. The molecule has 5 aromatic carbocycles. The Morgan fingerprint density at radius 3 is 1.86 bits per heavy atom. The number of alkyl halides is 3. The van der Waals surface area contributed by atoms with Crippen LogP contribution in [0.5, 0.6) is 0 Å². The molecule has 0 saturated carbocycles. The van der Waals surface area contributed by atoms with Crippen LogP contribution < -0.4 is 19.8 Å². The van der Waals surface area contributed by atoms with E-state index in [-0.39, 0.29) is 11.5 Å². The molecule has 0 radical (unpaired) electrons. The Morgan fingerprint density at radius 1 is 0.661 bits per heavy atom. The van der Waals surface area contributed by atoms with Crippen LogP contribution in [0.1, 0.15) is 51.7 Å². The van der Waals surface area contributed by atoms with Crippen LogP contribution in [0.3, 0.4) is 0 Å². The number of nitrogens with zero attached hydrogens (tertiary/aromatic N) is 6. The van der Waals surface area contributed by atoms with E-state index >= 15 is 4.48 Å². The minimum atomic E-state index is -4.54. The molecule has 0 saturated heterocycles. The van der Waals surface area contributed by atoms with Crippen molar-refractivity contribution in [1.82, 2.24) is 9.97 Å². The van der Waals surface area contributed by atoms with E-state index in [1.165, 1.54) is 12.1 Å². The molecule has 0 spiro atoms. The van der Waals surface area contributed by atoms with Crippen LogP contribution in [0, 0.1) is 11.3 Å². The maximum Gasteiger partial charge on any atom is 0.417 e. The molecular weight excluding hydrogens is 713 g/mol. The Morgan fingerprint density at radius 2 is 1.23 bits per heavy atom. The highest BCUT2D eigenvalue weighted by molar-refractivity contribution is 5.89. The van der Waals surface area contributed by atoms with Crippen LogP contribution >= 0.6 is 0 Å². The zero-order valence-electron chi connectivity index (χ0n) is 31.6. The first-order valence-electron chi connectivity index (χ1n) is 19.2. The van der Waals surface area contributed by atoms with Gasteiger partial charge in [-0.1, -0.05) is 111 Å². The number of benzene rings is 5. The number of fused-ring (bicyclic) bond motifs is 6. The van der Waals surface area contributed by atoms with Gasteiger partial charge in [-0.3, -0.25) is 0 Å². The quantitative estimate of drug-likeness (QED) is 0.119. The lowest BCUT2D eigenvalue weighted by atomic mass is 9.49. The highest BCUT2D eigenvalue weighted by Gasteiger charge is 2.68. The monoisotopic (exact) mass is 754 g/mol. The number of anilines is 7. The summed E-state index contributed by atoms with van der Waals surface area (Å²) >= 11 is 0. The van der Waals surface area contributed by atoms with E-state index < -0.39 is 34.9 Å². The van der Waals surface area contributed by atoms with Crippen LogP contribution in [-0.2, 0) is 11.6 Å². The van der Waals surface area contributed by atoms with Crippen molar-refractivity contribution >= 4 is 40.1 Å². The first-order valence-corrected chi connectivity index (χ1v) is 19.2. The maximum absolute atomic E-state index is 17.5. The van der Waals surface area contributed by atoms with Gasteiger partial charge in [0.2, 0.25) is 0 Å². The second kappa shape index (κ2) is 13.1. The number of para-hydroxylation sites is 4. The maximum atomic E-state index is 17.5. The van der Waals surface area contributed by atoms with Crippen LogP contribution in [0.4, 0.5) is 57.7 Å². The summed E-state index contributed by atoms with van der Waals surface area (Å²) in [6.45, 7) is 8.78. The summed E-state index contributed by atoms with van der Waals surface area (Å²) in [6, 6.07) is 39.0. The van der Waals surface area contributed by atoms with Gasteiger partial charge < -0.3 is 14.7 Å². The number of hydrogen-bond acceptors (Lipinski definition) is 6. The molecule has 56 heavy (non-hydrogen) atoms. The van der Waals surface area contributed by atoms with Crippen molar-refractivity contribution in [2.24, 2.45) is 11.3 Å². The van der Waals surface area contributed by atoms with E-state index in [1.807, 2.05) is 103 Å². The second-order valence-corrected chi connectivity index (χ2v) is 15.2. The molecule has 5 unspecified atom stereocenters. The molecule has 3 aliphatic rings. The van der Waals surface area contributed by atoms with Crippen molar-refractivity contribution in [3.05, 3.63) is 151 Å². The third kappa shape index (κ3) is 4.93. The van der Waals surface area contributed by atoms with Gasteiger partial charge in [-0.25, -0.2) is 9.97 Å². The van der Waals surface area contributed by atoms with Gasteiger partial charge in [-0.05, 0) is 78.1 Å². The molecule has 0 bridgehead atoms. The van der Waals surface area contributed by atoms with Crippen LogP contribution in [0.25, 0.3) is 11.1 Å². The first kappa shape index (κ1) is 35.8. The lowest BCUT2D eigenvalue weighted by Crippen LogP contribution is -2.69. The van der Waals surface area contributed by atoms with Crippen LogP contribution in [0.2, 0.25) is 0 Å². The predicted octanol–water partition coefficient (Wildman–Crippen LogP) is 12.4. The van der Waals surface area contributed by atoms with Gasteiger partial charge in [0.25, 0.3) is 0 Å². The summed E-state index contributed by atoms with van der Waals surface area (Å²) in [7, 11) is 0. The fraction of sp³-hybridized carbons (Fsp3) is 0.261. The van der Waals surface area contributed by atoms with E-state index in [9.17, 15) is 13.2 Å². The molecule has 0 amide bonds. The average Bonchev–Trinajstić information content (AvgIpc) is 3.73. The van der Waals surface area contributed by atoms with Gasteiger partial charge in [0.15, 0.2) is 11.6 Å². The highest BCUT2D eigenvalue weighted by Crippen LogP contribution is 2.68. The van der Waals surface area contributed by atoms with Crippen molar-refractivity contribution < 1.29 is 17.7 Å². The number of halogens is 4. The summed E-state index contributed by atoms with van der Waals surface area (Å²) in [5.74, 6) is 0.841. The van der Waals surface area contributed by atoms with Crippen molar-refractivity contribution in [3.8, 4) is 11.1 Å². The van der Waals surface area contributed by atoms with E-state index in [0.717, 1.165) is 39.5 Å². The SMILES string of the molecule is CCC1(C)c2ccc(-c3ccccc3C(F)(F)F)cc2N2c3nccnc3N(c3ccccc3)C2C1(CC)C(C)C1N(F)c2ccccc2N1c1ccccc1. The van der Waals surface area contributed by atoms with Gasteiger partial charge in [-0.15, -0.1) is 0 Å². The molecule has 1 aromatic heterocycles. The normalized spacial score (nSPS) is 23.1. The lowest BCUT2D eigenvalue weighted by molar-refractivity contribution is -0.137. The molecule has 5 atom stereocenters. The molecule has 6 nitrogen and oxygen atoms in total. The van der Waals surface area contributed by atoms with Crippen LogP contribution in [-0.4, -0.2) is 22.3 Å². The molecule has 0 aliphatic carbocycles. The zero-order chi connectivity index (χ0) is 39.0. The molecule has 10 heteroatoms. The molecule has 0 fully saturated rings. The molecular formula is C46H42F4N6. The molecule has 3 aliphatic heterocycles. The minimum Gasteiger partial charge on any atom is -0.316 e. The van der Waals surface area contributed by atoms with Crippen molar-refractivity contribution in [3.63, 3.8) is 0 Å². The third-order valence-corrected chi connectivity index (χ3v) is 13.0. The van der Waals surface area contributed by atoms with Gasteiger partial charge in [-0.2, -0.15) is 18.3 Å². The Kier molecular flexibility index (Phi) is 8.37. The van der Waals surface area contributed by atoms with Crippen LogP contribution in [0.15, 0.2) is 140 Å². The number of hydrogen-bond donors (Lipinski definition) is 0. The molecule has 6 aromatic rings. The molecule has 4 heterocycles. The summed E-state index contributed by atoms with van der Waals surface area (Å²) in [6.07, 6.45) is -1.19. The summed E-state index contributed by atoms with van der Waals surface area (Å²) in [4.78, 5) is 16.5. The lowest BCUT2D eigenvalue weighted by Gasteiger charge is -2.63. The number of aromatic nitrogens is 2. The van der Waals surface area contributed by atoms with E-state index in [2.05, 4.69) is 42.4 Å². The molecule has 284 valence electrons. The van der Waals surface area contributed by atoms with Gasteiger partial charge in [0.05, 0.1) is 16.9 Å². The summed E-state index contributed by atoms with van der Waals surface area (Å²) in [5.41, 5.74) is 3.23. The van der Waals surface area contributed by atoms with Crippen molar-refractivity contribution in [1.29, 1.82) is 0 Å². The Labute approximate surface area is 324 Å². The Balaban J connectivity index is 1.34. The predicted molar refractivity (Wildman–Crippen MR) is 215 cm³/mol. The third-order valence-electron chi connectivity index (χ3n) is 13.0. The summed E-state index contributed by atoms with van der Waals surface area (Å²) < 4.78 is 61.0. The Hall–Kier alpha value is -5.90. The van der Waals surface area contributed by atoms with Gasteiger partial charge in [0.1, 0.15) is 12.3 Å². The van der Waals surface area contributed by atoms with Gasteiger partial charge in [0, 0.05) is 46.2 Å². The molecule has 0 N–H and O–H groups in total. The minimum absolute atomic E-state index is 0.104. The zero-order valence-corrected chi connectivity index (χ0v) is 31.6. The fourth-order valence-corrected chi connectivity index (χ4v) is 10.4. The first-order chi connectivity index (χ1) is 27.1. The Bertz CT molecular complexity index is 2410. The largest absolute Gasteiger partial charge is 0.417 e. The number of rotatable bonds is 7. The van der Waals surface area contributed by atoms with E-state index in [4.69, 9.17) is 9.97 Å². The smallest absolute Gasteiger partial charge is 0.316 e. The van der Waals surface area contributed by atoms with Crippen molar-refractivity contribution in [2.45, 2.75) is 64.5 Å². The summed E-state index contributed by atoms with van der Waals surface area (Å²) in [5, 5.41) is 0.933. The highest BCUT2D eigenvalue weighted by atomic mass is 19.4. The second-order valence-electron chi connectivity index (χ2n) is 15.2. The molecule has 9 rings (SSSR count). The fourth-order valence-electron chi connectivity index (χ4n) is 10.4. The van der Waals surface area contributed by atoms with E-state index in [1.54, 1.807) is 18.5 Å². The topological polar surface area (TPSA) is 38.7 Å². The van der Waals surface area contributed by atoms with Crippen molar-refractivity contribution in [2.75, 3.05) is 19.8 Å². The van der Waals surface area contributed by atoms with Gasteiger partial charge >= 0.3 is 6.18 Å².